The third-order valence-corrected chi connectivity index (χ3v) is 2.76. The van der Waals surface area contributed by atoms with Gasteiger partial charge in [-0.3, -0.25) is 0 Å². The summed E-state index contributed by atoms with van der Waals surface area (Å²) in [6.45, 7) is 4.61. The summed E-state index contributed by atoms with van der Waals surface area (Å²) in [5, 5.41) is 13.2. The van der Waals surface area contributed by atoms with Gasteiger partial charge in [-0.05, 0) is 18.2 Å². The fourth-order valence-electron chi connectivity index (χ4n) is 1.42. The number of rotatable bonds is 5. The first kappa shape index (κ1) is 16.7. The summed E-state index contributed by atoms with van der Waals surface area (Å²) in [7, 11) is 1.61. The second kappa shape index (κ2) is 7.93. The fraction of sp³-hybridized carbons (Fsp3) is 0.500. The van der Waals surface area contributed by atoms with Crippen LogP contribution in [0.15, 0.2) is 22.7 Å². The van der Waals surface area contributed by atoms with Crippen molar-refractivity contribution in [1.82, 2.24) is 5.32 Å². The minimum Gasteiger partial charge on any atom is -0.496 e. The zero-order chi connectivity index (χ0) is 12.1. The van der Waals surface area contributed by atoms with Crippen molar-refractivity contribution in [3.8, 4) is 5.75 Å². The normalized spacial score (nSPS) is 12.1. The van der Waals surface area contributed by atoms with Crippen molar-refractivity contribution in [2.45, 2.75) is 26.0 Å². The predicted molar refractivity (Wildman–Crippen MR) is 76.0 cm³/mol. The summed E-state index contributed by atoms with van der Waals surface area (Å²) in [6, 6.07) is 5.97. The van der Waals surface area contributed by atoms with E-state index in [1.165, 1.54) is 0 Å². The molecule has 1 rings (SSSR count). The Bertz CT molecular complexity index is 347. The average Bonchev–Trinajstić information content (AvgIpc) is 2.25. The summed E-state index contributed by atoms with van der Waals surface area (Å²) in [6.07, 6.45) is -0.560. The Labute approximate surface area is 117 Å². The van der Waals surface area contributed by atoms with Crippen LogP contribution in [0.4, 0.5) is 0 Å². The third-order valence-electron chi connectivity index (χ3n) is 2.27. The van der Waals surface area contributed by atoms with Crippen molar-refractivity contribution in [1.29, 1.82) is 0 Å². The molecule has 5 heteroatoms. The number of hydrogen-bond donors (Lipinski definition) is 2. The summed E-state index contributed by atoms with van der Waals surface area (Å²) in [5.41, 5.74) is 0.796. The van der Waals surface area contributed by atoms with Gasteiger partial charge in [0.1, 0.15) is 5.75 Å². The number of nitrogens with one attached hydrogen (secondary N) is 1. The van der Waals surface area contributed by atoms with Gasteiger partial charge in [0, 0.05) is 22.6 Å². The fourth-order valence-corrected chi connectivity index (χ4v) is 1.80. The summed E-state index contributed by atoms with van der Waals surface area (Å²) in [4.78, 5) is 0. The van der Waals surface area contributed by atoms with Gasteiger partial charge >= 0.3 is 0 Å². The highest BCUT2D eigenvalue weighted by atomic mass is 79.9. The van der Waals surface area contributed by atoms with E-state index in [1.807, 2.05) is 32.0 Å². The monoisotopic (exact) mass is 323 g/mol. The van der Waals surface area contributed by atoms with Crippen molar-refractivity contribution >= 4 is 28.3 Å². The zero-order valence-electron chi connectivity index (χ0n) is 10.2. The van der Waals surface area contributed by atoms with E-state index in [-0.39, 0.29) is 12.4 Å². The highest BCUT2D eigenvalue weighted by Crippen LogP contribution is 2.28. The Kier molecular flexibility index (Phi) is 7.79. The molecule has 0 aliphatic heterocycles. The van der Waals surface area contributed by atoms with Crippen LogP contribution >= 0.6 is 28.3 Å². The molecule has 0 spiro atoms. The van der Waals surface area contributed by atoms with Crippen LogP contribution in [0.2, 0.25) is 0 Å². The molecule has 0 aliphatic rings. The van der Waals surface area contributed by atoms with Crippen molar-refractivity contribution in [2.24, 2.45) is 0 Å². The lowest BCUT2D eigenvalue weighted by atomic mass is 10.1. The maximum atomic E-state index is 10.0. The van der Waals surface area contributed by atoms with Crippen LogP contribution in [0, 0.1) is 0 Å². The Morgan fingerprint density at radius 3 is 2.59 bits per heavy atom. The van der Waals surface area contributed by atoms with Crippen LogP contribution in [0.1, 0.15) is 25.5 Å². The molecule has 0 fully saturated rings. The van der Waals surface area contributed by atoms with Gasteiger partial charge < -0.3 is 15.2 Å². The van der Waals surface area contributed by atoms with Gasteiger partial charge in [0.2, 0.25) is 0 Å². The molecular formula is C12H19BrClNO2. The van der Waals surface area contributed by atoms with Gasteiger partial charge in [-0.25, -0.2) is 0 Å². The van der Waals surface area contributed by atoms with E-state index in [4.69, 9.17) is 4.74 Å². The molecule has 17 heavy (non-hydrogen) atoms. The SMILES string of the molecule is COc1ccc(Br)cc1C(O)CNC(C)C.Cl. The van der Waals surface area contributed by atoms with Crippen LogP contribution in [0.5, 0.6) is 5.75 Å². The number of benzene rings is 1. The topological polar surface area (TPSA) is 41.5 Å². The van der Waals surface area contributed by atoms with Crippen LogP contribution in [0.3, 0.4) is 0 Å². The minimum atomic E-state index is -0.560. The second-order valence-electron chi connectivity index (χ2n) is 3.97. The van der Waals surface area contributed by atoms with Crippen LogP contribution in [-0.4, -0.2) is 24.8 Å². The van der Waals surface area contributed by atoms with Crippen molar-refractivity contribution in [2.75, 3.05) is 13.7 Å². The average molecular weight is 325 g/mol. The summed E-state index contributed by atoms with van der Waals surface area (Å²) < 4.78 is 6.16. The first-order valence-electron chi connectivity index (χ1n) is 5.29. The number of ether oxygens (including phenoxy) is 1. The van der Waals surface area contributed by atoms with Crippen LogP contribution < -0.4 is 10.1 Å². The number of aliphatic hydroxyl groups is 1. The van der Waals surface area contributed by atoms with E-state index in [1.54, 1.807) is 7.11 Å². The quantitative estimate of drug-likeness (QED) is 0.875. The summed E-state index contributed by atoms with van der Waals surface area (Å²) in [5.74, 6) is 0.709. The number of aliphatic hydroxyl groups excluding tert-OH is 1. The van der Waals surface area contributed by atoms with E-state index < -0.39 is 6.10 Å². The molecule has 1 atom stereocenters. The molecule has 0 amide bonds. The molecule has 2 N–H and O–H groups in total. The highest BCUT2D eigenvalue weighted by Gasteiger charge is 2.13. The lowest BCUT2D eigenvalue weighted by Crippen LogP contribution is -2.28. The number of halogens is 2. The molecule has 0 bridgehead atoms. The van der Waals surface area contributed by atoms with E-state index in [9.17, 15) is 5.11 Å². The molecule has 0 aliphatic carbocycles. The number of methoxy groups -OCH3 is 1. The van der Waals surface area contributed by atoms with E-state index in [0.717, 1.165) is 10.0 Å². The Morgan fingerprint density at radius 1 is 1.41 bits per heavy atom. The van der Waals surface area contributed by atoms with Crippen LogP contribution in [-0.2, 0) is 0 Å². The molecule has 98 valence electrons. The molecule has 1 aromatic carbocycles. The van der Waals surface area contributed by atoms with Gasteiger partial charge in [0.05, 0.1) is 13.2 Å². The van der Waals surface area contributed by atoms with E-state index in [2.05, 4.69) is 21.2 Å². The van der Waals surface area contributed by atoms with Crippen molar-refractivity contribution in [3.63, 3.8) is 0 Å². The van der Waals surface area contributed by atoms with Gasteiger partial charge in [0.15, 0.2) is 0 Å². The highest BCUT2D eigenvalue weighted by molar-refractivity contribution is 9.10. The smallest absolute Gasteiger partial charge is 0.124 e. The minimum absolute atomic E-state index is 0. The van der Waals surface area contributed by atoms with Gasteiger partial charge in [0.25, 0.3) is 0 Å². The van der Waals surface area contributed by atoms with Gasteiger partial charge in [-0.15, -0.1) is 12.4 Å². The molecule has 0 aromatic heterocycles. The van der Waals surface area contributed by atoms with Crippen LogP contribution in [0.25, 0.3) is 0 Å². The standard InChI is InChI=1S/C12H18BrNO2.ClH/c1-8(2)14-7-11(15)10-6-9(13)4-5-12(10)16-3;/h4-6,8,11,14-15H,7H2,1-3H3;1H. The van der Waals surface area contributed by atoms with E-state index in [0.29, 0.717) is 18.3 Å². The molecule has 0 radical (unpaired) electrons. The zero-order valence-corrected chi connectivity index (χ0v) is 12.6. The van der Waals surface area contributed by atoms with E-state index >= 15 is 0 Å². The number of hydrogen-bond acceptors (Lipinski definition) is 3. The van der Waals surface area contributed by atoms with Gasteiger partial charge in [-0.1, -0.05) is 29.8 Å². The predicted octanol–water partition coefficient (Wildman–Crippen LogP) is 2.91. The Hall–Kier alpha value is -0.290. The van der Waals surface area contributed by atoms with Crippen molar-refractivity contribution in [3.05, 3.63) is 28.2 Å². The third kappa shape index (κ3) is 5.25. The lowest BCUT2D eigenvalue weighted by Gasteiger charge is -2.17. The first-order valence-corrected chi connectivity index (χ1v) is 6.08. The maximum Gasteiger partial charge on any atom is 0.124 e. The Morgan fingerprint density at radius 2 is 2.06 bits per heavy atom. The molecule has 0 saturated heterocycles. The molecular weight excluding hydrogens is 305 g/mol. The molecule has 3 nitrogen and oxygen atoms in total. The molecule has 1 unspecified atom stereocenters. The first-order chi connectivity index (χ1) is 7.54. The second-order valence-corrected chi connectivity index (χ2v) is 4.88. The molecule has 1 aromatic rings. The molecule has 0 saturated carbocycles. The maximum absolute atomic E-state index is 10.0. The van der Waals surface area contributed by atoms with Gasteiger partial charge in [-0.2, -0.15) is 0 Å². The molecule has 0 heterocycles. The van der Waals surface area contributed by atoms with Crippen molar-refractivity contribution < 1.29 is 9.84 Å². The Balaban J connectivity index is 0.00000256. The largest absolute Gasteiger partial charge is 0.496 e. The lowest BCUT2D eigenvalue weighted by molar-refractivity contribution is 0.167. The summed E-state index contributed by atoms with van der Waals surface area (Å²) >= 11 is 3.39.